The van der Waals surface area contributed by atoms with Crippen LogP contribution in [-0.2, 0) is 9.53 Å². The fraction of sp³-hybridized carbons (Fsp3) is 0.938. The van der Waals surface area contributed by atoms with Crippen LogP contribution >= 0.6 is 0 Å². The van der Waals surface area contributed by atoms with Gasteiger partial charge in [-0.3, -0.25) is 4.79 Å². The molecular formula is C16H31N3O2. The molecule has 0 aromatic rings. The zero-order valence-electron chi connectivity index (χ0n) is 13.6. The van der Waals surface area contributed by atoms with Crippen LogP contribution in [0, 0.1) is 11.8 Å². The average Bonchev–Trinajstić information content (AvgIpc) is 3.31. The van der Waals surface area contributed by atoms with Crippen LogP contribution in [0.4, 0.5) is 0 Å². The molecule has 122 valence electrons. The topological polar surface area (TPSA) is 67.6 Å². The van der Waals surface area contributed by atoms with Crippen molar-refractivity contribution in [2.24, 2.45) is 17.6 Å². The highest BCUT2D eigenvalue weighted by Gasteiger charge is 2.49. The van der Waals surface area contributed by atoms with Gasteiger partial charge in [0.25, 0.3) is 0 Å². The van der Waals surface area contributed by atoms with Gasteiger partial charge in [0, 0.05) is 19.7 Å². The lowest BCUT2D eigenvalue weighted by Gasteiger charge is -2.36. The molecule has 2 fully saturated rings. The van der Waals surface area contributed by atoms with Gasteiger partial charge in [0.15, 0.2) is 0 Å². The van der Waals surface area contributed by atoms with Gasteiger partial charge in [-0.05, 0) is 57.5 Å². The summed E-state index contributed by atoms with van der Waals surface area (Å²) in [6, 6.07) is 0. The maximum atomic E-state index is 12.1. The van der Waals surface area contributed by atoms with Crippen LogP contribution in [0.2, 0.25) is 0 Å². The summed E-state index contributed by atoms with van der Waals surface area (Å²) in [4.78, 5) is 14.3. The van der Waals surface area contributed by atoms with Crippen molar-refractivity contribution in [1.29, 1.82) is 0 Å². The second kappa shape index (κ2) is 7.56. The van der Waals surface area contributed by atoms with Crippen molar-refractivity contribution >= 4 is 5.91 Å². The van der Waals surface area contributed by atoms with Gasteiger partial charge in [0.05, 0.1) is 6.61 Å². The monoisotopic (exact) mass is 297 g/mol. The molecule has 21 heavy (non-hydrogen) atoms. The Labute approximate surface area is 128 Å². The molecule has 1 unspecified atom stereocenters. The number of hydrogen-bond donors (Lipinski definition) is 2. The first-order valence-corrected chi connectivity index (χ1v) is 8.39. The number of hydrogen-bond acceptors (Lipinski definition) is 4. The molecule has 2 aliphatic carbocycles. The van der Waals surface area contributed by atoms with Gasteiger partial charge in [-0.2, -0.15) is 0 Å². The minimum Gasteiger partial charge on any atom is -0.380 e. The Morgan fingerprint density at radius 1 is 1.38 bits per heavy atom. The fourth-order valence-electron chi connectivity index (χ4n) is 2.88. The number of nitrogens with one attached hydrogen (secondary N) is 1. The van der Waals surface area contributed by atoms with E-state index in [1.165, 1.54) is 12.8 Å². The van der Waals surface area contributed by atoms with Crippen molar-refractivity contribution < 1.29 is 9.53 Å². The number of carbonyl (C=O) groups is 1. The third kappa shape index (κ3) is 4.94. The van der Waals surface area contributed by atoms with Gasteiger partial charge < -0.3 is 20.7 Å². The minimum atomic E-state index is -0.554. The largest absolute Gasteiger partial charge is 0.380 e. The van der Waals surface area contributed by atoms with Gasteiger partial charge in [-0.1, -0.05) is 6.92 Å². The van der Waals surface area contributed by atoms with Gasteiger partial charge in [0.1, 0.15) is 5.54 Å². The number of rotatable bonds is 12. The standard InChI is InChI=1S/C16H31N3O2/c1-3-8-18-16(15(17)20,14-6-7-14)12-19(2)9-10-21-11-13-4-5-13/h13-14,18H,3-12H2,1-2H3,(H2,17,20). The normalized spacial score (nSPS) is 21.5. The molecule has 0 saturated heterocycles. The van der Waals surface area contributed by atoms with E-state index >= 15 is 0 Å². The quantitative estimate of drug-likeness (QED) is 0.527. The highest BCUT2D eigenvalue weighted by molar-refractivity contribution is 5.86. The molecule has 5 heteroatoms. The summed E-state index contributed by atoms with van der Waals surface area (Å²) in [5, 5.41) is 3.44. The summed E-state index contributed by atoms with van der Waals surface area (Å²) in [5.74, 6) is 0.998. The Morgan fingerprint density at radius 3 is 2.62 bits per heavy atom. The number of nitrogens with two attached hydrogens (primary N) is 1. The number of amides is 1. The van der Waals surface area contributed by atoms with E-state index in [1.807, 2.05) is 7.05 Å². The number of carbonyl (C=O) groups excluding carboxylic acids is 1. The van der Waals surface area contributed by atoms with Gasteiger partial charge in [-0.25, -0.2) is 0 Å². The molecule has 3 N–H and O–H groups in total. The van der Waals surface area contributed by atoms with Gasteiger partial charge in [-0.15, -0.1) is 0 Å². The number of nitrogens with zero attached hydrogens (tertiary/aromatic N) is 1. The van der Waals surface area contributed by atoms with E-state index in [9.17, 15) is 4.79 Å². The molecule has 0 aromatic heterocycles. The minimum absolute atomic E-state index is 0.204. The molecule has 2 saturated carbocycles. The summed E-state index contributed by atoms with van der Waals surface area (Å²) in [6.45, 7) is 6.11. The molecule has 1 amide bonds. The van der Waals surface area contributed by atoms with E-state index in [-0.39, 0.29) is 5.91 Å². The molecule has 0 aliphatic heterocycles. The predicted octanol–water partition coefficient (Wildman–Crippen LogP) is 0.979. The van der Waals surface area contributed by atoms with E-state index < -0.39 is 5.54 Å². The van der Waals surface area contributed by atoms with Crippen LogP contribution in [0.15, 0.2) is 0 Å². The van der Waals surface area contributed by atoms with Crippen LogP contribution in [-0.4, -0.2) is 56.2 Å². The zero-order valence-corrected chi connectivity index (χ0v) is 13.6. The lowest BCUT2D eigenvalue weighted by molar-refractivity contribution is -0.126. The first kappa shape index (κ1) is 16.7. The summed E-state index contributed by atoms with van der Waals surface area (Å²) in [6.07, 6.45) is 5.86. The second-order valence-electron chi connectivity index (χ2n) is 6.79. The zero-order chi connectivity index (χ0) is 15.3. The van der Waals surface area contributed by atoms with Crippen molar-refractivity contribution in [3.05, 3.63) is 0 Å². The number of likely N-dealkylation sites (N-methyl/N-ethyl adjacent to an activating group) is 1. The Bertz CT molecular complexity index is 342. The Kier molecular flexibility index (Phi) is 6.02. The molecule has 2 rings (SSSR count). The van der Waals surface area contributed by atoms with Crippen LogP contribution < -0.4 is 11.1 Å². The highest BCUT2D eigenvalue weighted by atomic mass is 16.5. The smallest absolute Gasteiger partial charge is 0.239 e. The molecule has 5 nitrogen and oxygen atoms in total. The first-order chi connectivity index (χ1) is 10.1. The van der Waals surface area contributed by atoms with E-state index in [0.29, 0.717) is 12.5 Å². The van der Waals surface area contributed by atoms with Crippen molar-refractivity contribution in [2.75, 3.05) is 39.9 Å². The molecule has 1 atom stereocenters. The van der Waals surface area contributed by atoms with Crippen molar-refractivity contribution in [3.63, 3.8) is 0 Å². The van der Waals surface area contributed by atoms with Crippen LogP contribution in [0.3, 0.4) is 0 Å². The summed E-state index contributed by atoms with van der Waals surface area (Å²) in [7, 11) is 2.05. The number of primary amides is 1. The fourth-order valence-corrected chi connectivity index (χ4v) is 2.88. The molecule has 0 heterocycles. The average molecular weight is 297 g/mol. The van der Waals surface area contributed by atoms with Crippen molar-refractivity contribution in [3.8, 4) is 0 Å². The van der Waals surface area contributed by atoms with Crippen LogP contribution in [0.1, 0.15) is 39.0 Å². The van der Waals surface area contributed by atoms with E-state index in [2.05, 4.69) is 17.1 Å². The maximum absolute atomic E-state index is 12.1. The van der Waals surface area contributed by atoms with E-state index in [0.717, 1.165) is 51.5 Å². The lowest BCUT2D eigenvalue weighted by Crippen LogP contribution is -2.63. The molecule has 0 spiro atoms. The van der Waals surface area contributed by atoms with Gasteiger partial charge >= 0.3 is 0 Å². The van der Waals surface area contributed by atoms with Crippen molar-refractivity contribution in [1.82, 2.24) is 10.2 Å². The number of ether oxygens (including phenoxy) is 1. The molecule has 0 bridgehead atoms. The molecule has 0 radical (unpaired) electrons. The van der Waals surface area contributed by atoms with Gasteiger partial charge in [0.2, 0.25) is 5.91 Å². The predicted molar refractivity (Wildman–Crippen MR) is 84.0 cm³/mol. The molecule has 0 aromatic carbocycles. The third-order valence-corrected chi connectivity index (χ3v) is 4.59. The highest BCUT2D eigenvalue weighted by Crippen LogP contribution is 2.40. The van der Waals surface area contributed by atoms with Crippen LogP contribution in [0.25, 0.3) is 0 Å². The summed E-state index contributed by atoms with van der Waals surface area (Å²) < 4.78 is 5.68. The Morgan fingerprint density at radius 2 is 2.10 bits per heavy atom. The Balaban J connectivity index is 1.79. The SMILES string of the molecule is CCCNC(CN(C)CCOCC1CC1)(C(N)=O)C1CC1. The summed E-state index contributed by atoms with van der Waals surface area (Å²) in [5.41, 5.74) is 5.19. The van der Waals surface area contributed by atoms with E-state index in [1.54, 1.807) is 0 Å². The van der Waals surface area contributed by atoms with E-state index in [4.69, 9.17) is 10.5 Å². The summed E-state index contributed by atoms with van der Waals surface area (Å²) >= 11 is 0. The lowest BCUT2D eigenvalue weighted by atomic mass is 9.91. The molecular weight excluding hydrogens is 266 g/mol. The Hall–Kier alpha value is -0.650. The molecule has 2 aliphatic rings. The van der Waals surface area contributed by atoms with Crippen LogP contribution in [0.5, 0.6) is 0 Å². The first-order valence-electron chi connectivity index (χ1n) is 8.39. The maximum Gasteiger partial charge on any atom is 0.239 e. The third-order valence-electron chi connectivity index (χ3n) is 4.59. The second-order valence-corrected chi connectivity index (χ2v) is 6.79. The van der Waals surface area contributed by atoms with Crippen molar-refractivity contribution in [2.45, 2.75) is 44.6 Å².